The number of benzene rings is 1. The minimum absolute atomic E-state index is 0. The first-order chi connectivity index (χ1) is 13.0. The van der Waals surface area contributed by atoms with E-state index in [9.17, 15) is 4.79 Å². The van der Waals surface area contributed by atoms with Gasteiger partial charge in [-0.05, 0) is 30.2 Å². The third kappa shape index (κ3) is 7.34. The fourth-order valence-corrected chi connectivity index (χ4v) is 2.35. The van der Waals surface area contributed by atoms with Crippen LogP contribution in [-0.2, 0) is 13.1 Å². The van der Waals surface area contributed by atoms with Crippen molar-refractivity contribution in [3.8, 4) is 5.88 Å². The first-order valence-electron chi connectivity index (χ1n) is 8.85. The van der Waals surface area contributed by atoms with E-state index in [4.69, 9.17) is 4.74 Å². The van der Waals surface area contributed by atoms with Crippen molar-refractivity contribution in [2.24, 2.45) is 4.99 Å². The number of hydrogen-bond donors (Lipinski definition) is 2. The molecule has 152 valence electrons. The van der Waals surface area contributed by atoms with Gasteiger partial charge in [0.05, 0.1) is 13.7 Å². The molecule has 0 saturated carbocycles. The number of aliphatic imine (C=N–C) groups is 1. The Bertz CT molecular complexity index is 761. The van der Waals surface area contributed by atoms with E-state index in [-0.39, 0.29) is 29.9 Å². The van der Waals surface area contributed by atoms with Crippen LogP contribution in [0.3, 0.4) is 0 Å². The highest BCUT2D eigenvalue weighted by atomic mass is 127. The zero-order valence-electron chi connectivity index (χ0n) is 16.7. The summed E-state index contributed by atoms with van der Waals surface area (Å²) < 4.78 is 5.06. The lowest BCUT2D eigenvalue weighted by Crippen LogP contribution is -2.36. The Balaban J connectivity index is 0.00000392. The van der Waals surface area contributed by atoms with Gasteiger partial charge in [-0.15, -0.1) is 24.0 Å². The summed E-state index contributed by atoms with van der Waals surface area (Å²) in [7, 11) is 5.08. The van der Waals surface area contributed by atoms with E-state index in [2.05, 4.69) is 20.6 Å². The molecule has 0 bridgehead atoms. The van der Waals surface area contributed by atoms with Gasteiger partial charge in [0, 0.05) is 45.0 Å². The fraction of sp³-hybridized carbons (Fsp3) is 0.350. The molecule has 28 heavy (non-hydrogen) atoms. The molecule has 2 rings (SSSR count). The predicted molar refractivity (Wildman–Crippen MR) is 122 cm³/mol. The molecule has 1 aromatic heterocycles. The first kappa shape index (κ1) is 23.7. The molecular formula is C20H28IN5O2. The highest BCUT2D eigenvalue weighted by molar-refractivity contribution is 14.0. The number of amides is 1. The molecule has 0 radical (unpaired) electrons. The summed E-state index contributed by atoms with van der Waals surface area (Å²) in [5.74, 6) is 1.31. The van der Waals surface area contributed by atoms with Crippen molar-refractivity contribution >= 4 is 35.8 Å². The number of hydrogen-bond acceptors (Lipinski definition) is 4. The molecule has 0 aliphatic heterocycles. The summed E-state index contributed by atoms with van der Waals surface area (Å²) in [6.07, 6.45) is 1.76. The van der Waals surface area contributed by atoms with E-state index in [1.807, 2.05) is 43.3 Å². The van der Waals surface area contributed by atoms with Gasteiger partial charge in [-0.25, -0.2) is 9.98 Å². The number of nitrogens with zero attached hydrogens (tertiary/aromatic N) is 3. The standard InChI is InChI=1S/C20H27N5O2.HI/c1-5-21-20(24-14-16-8-11-18(27-4)22-13-16)23-12-15-6-9-17(10-7-15)19(26)25(2)3;/h6-11,13H,5,12,14H2,1-4H3,(H2,21,23,24);1H. The van der Waals surface area contributed by atoms with Crippen molar-refractivity contribution in [2.75, 3.05) is 27.7 Å². The van der Waals surface area contributed by atoms with Crippen LogP contribution in [-0.4, -0.2) is 49.5 Å². The highest BCUT2D eigenvalue weighted by Crippen LogP contribution is 2.08. The highest BCUT2D eigenvalue weighted by Gasteiger charge is 2.07. The Morgan fingerprint density at radius 1 is 1.11 bits per heavy atom. The largest absolute Gasteiger partial charge is 0.481 e. The van der Waals surface area contributed by atoms with Crippen LogP contribution in [0.5, 0.6) is 5.88 Å². The SMILES string of the molecule is CCNC(=NCc1ccc(OC)nc1)NCc1ccc(C(=O)N(C)C)cc1.I. The van der Waals surface area contributed by atoms with E-state index in [0.717, 1.165) is 23.6 Å². The summed E-state index contributed by atoms with van der Waals surface area (Å²) >= 11 is 0. The van der Waals surface area contributed by atoms with Crippen molar-refractivity contribution in [1.29, 1.82) is 0 Å². The molecule has 0 aliphatic rings. The Morgan fingerprint density at radius 3 is 2.32 bits per heavy atom. The number of guanidine groups is 1. The van der Waals surface area contributed by atoms with Crippen LogP contribution in [0, 0.1) is 0 Å². The maximum absolute atomic E-state index is 11.9. The molecule has 0 aliphatic carbocycles. The van der Waals surface area contributed by atoms with Crippen LogP contribution in [0.4, 0.5) is 0 Å². The number of rotatable bonds is 7. The summed E-state index contributed by atoms with van der Waals surface area (Å²) in [5, 5.41) is 6.52. The number of nitrogens with one attached hydrogen (secondary N) is 2. The summed E-state index contributed by atoms with van der Waals surface area (Å²) in [5.41, 5.74) is 2.75. The third-order valence-corrected chi connectivity index (χ3v) is 3.84. The second kappa shape index (κ2) is 12.2. The molecule has 0 saturated heterocycles. The van der Waals surface area contributed by atoms with Gasteiger partial charge in [0.15, 0.2) is 5.96 Å². The molecule has 0 fully saturated rings. The van der Waals surface area contributed by atoms with Gasteiger partial charge in [0.1, 0.15) is 0 Å². The molecule has 0 unspecified atom stereocenters. The molecule has 8 heteroatoms. The van der Waals surface area contributed by atoms with Gasteiger partial charge in [-0.2, -0.15) is 0 Å². The summed E-state index contributed by atoms with van der Waals surface area (Å²) in [4.78, 5) is 22.3. The second-order valence-corrected chi connectivity index (χ2v) is 6.15. The summed E-state index contributed by atoms with van der Waals surface area (Å²) in [6.45, 7) is 3.92. The third-order valence-electron chi connectivity index (χ3n) is 3.84. The number of aromatic nitrogens is 1. The Hall–Kier alpha value is -2.36. The Kier molecular flexibility index (Phi) is 10.3. The van der Waals surface area contributed by atoms with Crippen LogP contribution in [0.25, 0.3) is 0 Å². The van der Waals surface area contributed by atoms with Gasteiger partial charge >= 0.3 is 0 Å². The average Bonchev–Trinajstić information content (AvgIpc) is 2.70. The predicted octanol–water partition coefficient (Wildman–Crippen LogP) is 2.67. The van der Waals surface area contributed by atoms with Crippen molar-refractivity contribution in [3.63, 3.8) is 0 Å². The quantitative estimate of drug-likeness (QED) is 0.350. The van der Waals surface area contributed by atoms with Crippen LogP contribution in [0.15, 0.2) is 47.6 Å². The van der Waals surface area contributed by atoms with Gasteiger partial charge in [-0.3, -0.25) is 4.79 Å². The van der Waals surface area contributed by atoms with E-state index >= 15 is 0 Å². The number of pyridine rings is 1. The number of ether oxygens (including phenoxy) is 1. The maximum atomic E-state index is 11.9. The molecule has 7 nitrogen and oxygen atoms in total. The zero-order chi connectivity index (χ0) is 19.6. The van der Waals surface area contributed by atoms with E-state index < -0.39 is 0 Å². The Labute approximate surface area is 183 Å². The van der Waals surface area contributed by atoms with Crippen molar-refractivity contribution in [3.05, 3.63) is 59.3 Å². The van der Waals surface area contributed by atoms with Crippen LogP contribution in [0.2, 0.25) is 0 Å². The van der Waals surface area contributed by atoms with Crippen LogP contribution in [0.1, 0.15) is 28.4 Å². The normalized spacial score (nSPS) is 10.6. The lowest BCUT2D eigenvalue weighted by molar-refractivity contribution is 0.0827. The Morgan fingerprint density at radius 2 is 1.79 bits per heavy atom. The molecule has 1 heterocycles. The second-order valence-electron chi connectivity index (χ2n) is 6.15. The topological polar surface area (TPSA) is 78.9 Å². The molecular weight excluding hydrogens is 469 g/mol. The van der Waals surface area contributed by atoms with E-state index in [1.54, 1.807) is 32.3 Å². The minimum atomic E-state index is -0.00230. The molecule has 1 amide bonds. The number of methoxy groups -OCH3 is 1. The van der Waals surface area contributed by atoms with Crippen molar-refractivity contribution in [2.45, 2.75) is 20.0 Å². The van der Waals surface area contributed by atoms with Crippen LogP contribution < -0.4 is 15.4 Å². The van der Waals surface area contributed by atoms with Crippen LogP contribution >= 0.6 is 24.0 Å². The lowest BCUT2D eigenvalue weighted by atomic mass is 10.1. The van der Waals surface area contributed by atoms with E-state index in [1.165, 1.54) is 0 Å². The molecule has 1 aromatic carbocycles. The number of halogens is 1. The zero-order valence-corrected chi connectivity index (χ0v) is 19.1. The van der Waals surface area contributed by atoms with Crippen molar-refractivity contribution < 1.29 is 9.53 Å². The molecule has 0 atom stereocenters. The number of carbonyl (C=O) groups excluding carboxylic acids is 1. The van der Waals surface area contributed by atoms with Crippen molar-refractivity contribution in [1.82, 2.24) is 20.5 Å². The summed E-state index contributed by atoms with van der Waals surface area (Å²) in [6, 6.07) is 11.3. The fourth-order valence-electron chi connectivity index (χ4n) is 2.35. The smallest absolute Gasteiger partial charge is 0.253 e. The van der Waals surface area contributed by atoms with Gasteiger partial charge in [-0.1, -0.05) is 18.2 Å². The number of carbonyl (C=O) groups is 1. The molecule has 0 spiro atoms. The monoisotopic (exact) mass is 497 g/mol. The van der Waals surface area contributed by atoms with Gasteiger partial charge in [0.25, 0.3) is 5.91 Å². The molecule has 2 aromatic rings. The van der Waals surface area contributed by atoms with Gasteiger partial charge < -0.3 is 20.3 Å². The lowest BCUT2D eigenvalue weighted by Gasteiger charge is -2.13. The van der Waals surface area contributed by atoms with E-state index in [0.29, 0.717) is 24.5 Å². The average molecular weight is 497 g/mol. The minimum Gasteiger partial charge on any atom is -0.481 e. The van der Waals surface area contributed by atoms with Gasteiger partial charge in [0.2, 0.25) is 5.88 Å². The maximum Gasteiger partial charge on any atom is 0.253 e. The first-order valence-corrected chi connectivity index (χ1v) is 8.85. The molecule has 2 N–H and O–H groups in total.